The van der Waals surface area contributed by atoms with Gasteiger partial charge in [-0.3, -0.25) is 0 Å². The summed E-state index contributed by atoms with van der Waals surface area (Å²) in [5.41, 5.74) is 0. The molecule has 3 nitrogen and oxygen atoms in total. The summed E-state index contributed by atoms with van der Waals surface area (Å²) < 4.78 is 0. The van der Waals surface area contributed by atoms with Crippen LogP contribution in [0.1, 0.15) is 19.8 Å². The van der Waals surface area contributed by atoms with E-state index in [1.807, 2.05) is 9.80 Å². The highest BCUT2D eigenvalue weighted by Gasteiger charge is 2.29. The average Bonchev–Trinajstić information content (AvgIpc) is 2.31. The lowest BCUT2D eigenvalue weighted by atomic mass is 10.2. The van der Waals surface area contributed by atoms with E-state index >= 15 is 0 Å². The molecule has 2 saturated heterocycles. The van der Waals surface area contributed by atoms with Gasteiger partial charge in [0, 0.05) is 26.2 Å². The molecule has 1 unspecified atom stereocenters. The minimum atomic E-state index is 0.269. The molecule has 0 saturated carbocycles. The zero-order valence-electron chi connectivity index (χ0n) is 7.62. The van der Waals surface area contributed by atoms with Gasteiger partial charge in [-0.05, 0) is 18.8 Å². The van der Waals surface area contributed by atoms with E-state index in [1.54, 1.807) is 0 Å². The molecule has 0 radical (unpaired) electrons. The average molecular weight is 168 g/mol. The fourth-order valence-corrected chi connectivity index (χ4v) is 1.82. The van der Waals surface area contributed by atoms with Crippen molar-refractivity contribution in [2.45, 2.75) is 19.8 Å². The van der Waals surface area contributed by atoms with E-state index in [2.05, 4.69) is 6.92 Å². The van der Waals surface area contributed by atoms with E-state index in [1.165, 1.54) is 12.8 Å². The molecule has 3 heteroatoms. The normalized spacial score (nSPS) is 28.9. The van der Waals surface area contributed by atoms with E-state index in [0.29, 0.717) is 5.92 Å². The van der Waals surface area contributed by atoms with Gasteiger partial charge in [-0.2, -0.15) is 0 Å². The molecule has 2 fully saturated rings. The summed E-state index contributed by atoms with van der Waals surface area (Å²) >= 11 is 0. The van der Waals surface area contributed by atoms with Gasteiger partial charge in [0.25, 0.3) is 0 Å². The lowest BCUT2D eigenvalue weighted by Crippen LogP contribution is -2.48. The van der Waals surface area contributed by atoms with Crippen molar-refractivity contribution in [3.63, 3.8) is 0 Å². The first-order valence-electron chi connectivity index (χ1n) is 4.81. The van der Waals surface area contributed by atoms with Crippen molar-refractivity contribution in [1.82, 2.24) is 9.80 Å². The number of amides is 2. The van der Waals surface area contributed by atoms with Crippen molar-refractivity contribution >= 4 is 6.03 Å². The predicted octanol–water partition coefficient (Wildman–Crippen LogP) is 1.15. The molecule has 1 atom stereocenters. The quantitative estimate of drug-likeness (QED) is 0.532. The van der Waals surface area contributed by atoms with E-state index in [9.17, 15) is 4.79 Å². The van der Waals surface area contributed by atoms with Crippen molar-refractivity contribution in [3.05, 3.63) is 0 Å². The van der Waals surface area contributed by atoms with Crippen molar-refractivity contribution < 1.29 is 4.79 Å². The smallest absolute Gasteiger partial charge is 0.320 e. The molecule has 2 amide bonds. The van der Waals surface area contributed by atoms with Crippen LogP contribution in [0.25, 0.3) is 0 Å². The highest BCUT2D eigenvalue weighted by atomic mass is 16.2. The fraction of sp³-hybridized carbons (Fsp3) is 0.889. The number of hydrogen-bond acceptors (Lipinski definition) is 1. The van der Waals surface area contributed by atoms with Gasteiger partial charge in [-0.15, -0.1) is 0 Å². The van der Waals surface area contributed by atoms with E-state index in [4.69, 9.17) is 0 Å². The molecule has 0 aromatic rings. The maximum Gasteiger partial charge on any atom is 0.320 e. The Morgan fingerprint density at radius 3 is 2.42 bits per heavy atom. The Hall–Kier alpha value is -0.730. The van der Waals surface area contributed by atoms with E-state index in [0.717, 1.165) is 26.2 Å². The van der Waals surface area contributed by atoms with Crippen molar-refractivity contribution in [3.8, 4) is 0 Å². The molecule has 12 heavy (non-hydrogen) atoms. The second kappa shape index (κ2) is 2.96. The van der Waals surface area contributed by atoms with Crippen LogP contribution in [0, 0.1) is 5.92 Å². The highest BCUT2D eigenvalue weighted by Crippen LogP contribution is 2.18. The summed E-state index contributed by atoms with van der Waals surface area (Å²) in [5.74, 6) is 0.704. The number of likely N-dealkylation sites (tertiary alicyclic amines) is 2. The van der Waals surface area contributed by atoms with E-state index < -0.39 is 0 Å². The first-order valence-corrected chi connectivity index (χ1v) is 4.81. The molecule has 0 aromatic carbocycles. The molecular formula is C9H16N2O. The summed E-state index contributed by atoms with van der Waals surface area (Å²) in [6, 6.07) is 0.269. The van der Waals surface area contributed by atoms with Gasteiger partial charge < -0.3 is 9.80 Å². The maximum atomic E-state index is 11.6. The van der Waals surface area contributed by atoms with Crippen molar-refractivity contribution in [2.75, 3.05) is 26.2 Å². The molecule has 0 aliphatic carbocycles. The molecule has 2 aliphatic heterocycles. The van der Waals surface area contributed by atoms with E-state index in [-0.39, 0.29) is 6.03 Å². The van der Waals surface area contributed by atoms with Crippen LogP contribution in [0.5, 0.6) is 0 Å². The Morgan fingerprint density at radius 2 is 2.00 bits per heavy atom. The molecule has 0 aromatic heterocycles. The third-order valence-corrected chi connectivity index (χ3v) is 2.82. The Balaban J connectivity index is 1.87. The zero-order chi connectivity index (χ0) is 8.55. The van der Waals surface area contributed by atoms with Crippen molar-refractivity contribution in [1.29, 1.82) is 0 Å². The van der Waals surface area contributed by atoms with Gasteiger partial charge in [0.15, 0.2) is 0 Å². The number of carbonyl (C=O) groups excluding carboxylic acids is 1. The third kappa shape index (κ3) is 1.28. The van der Waals surface area contributed by atoms with Gasteiger partial charge in [0.05, 0.1) is 0 Å². The summed E-state index contributed by atoms with van der Waals surface area (Å²) in [5, 5.41) is 0. The predicted molar refractivity (Wildman–Crippen MR) is 46.9 cm³/mol. The Bertz CT molecular complexity index is 189. The number of urea groups is 1. The SMILES string of the molecule is CC1CCN(C(=O)N2CCC2)C1. The van der Waals surface area contributed by atoms with Gasteiger partial charge in [-0.25, -0.2) is 4.79 Å². The Labute approximate surface area is 73.3 Å². The summed E-state index contributed by atoms with van der Waals surface area (Å²) in [6.07, 6.45) is 2.37. The number of carbonyl (C=O) groups is 1. The van der Waals surface area contributed by atoms with Crippen LogP contribution >= 0.6 is 0 Å². The molecule has 68 valence electrons. The standard InChI is InChI=1S/C9H16N2O/c1-8-3-6-11(7-8)9(12)10-4-2-5-10/h8H,2-7H2,1H3. The first-order chi connectivity index (χ1) is 5.77. The minimum absolute atomic E-state index is 0.269. The molecule has 0 N–H and O–H groups in total. The minimum Gasteiger partial charge on any atom is -0.325 e. The second-order valence-electron chi connectivity index (χ2n) is 3.96. The van der Waals surface area contributed by atoms with Crippen LogP contribution in [0.4, 0.5) is 4.79 Å². The van der Waals surface area contributed by atoms with Gasteiger partial charge in [0.1, 0.15) is 0 Å². The summed E-state index contributed by atoms with van der Waals surface area (Å²) in [6.45, 7) is 6.10. The van der Waals surface area contributed by atoms with Crippen molar-refractivity contribution in [2.24, 2.45) is 5.92 Å². The molecule has 2 aliphatic rings. The lowest BCUT2D eigenvalue weighted by molar-refractivity contribution is 0.134. The Morgan fingerprint density at radius 1 is 1.25 bits per heavy atom. The fourth-order valence-electron chi connectivity index (χ4n) is 1.82. The zero-order valence-corrected chi connectivity index (χ0v) is 7.62. The van der Waals surface area contributed by atoms with Crippen LogP contribution in [0.3, 0.4) is 0 Å². The second-order valence-corrected chi connectivity index (χ2v) is 3.96. The highest BCUT2D eigenvalue weighted by molar-refractivity contribution is 5.75. The summed E-state index contributed by atoms with van der Waals surface area (Å²) in [4.78, 5) is 15.6. The number of nitrogens with zero attached hydrogens (tertiary/aromatic N) is 2. The largest absolute Gasteiger partial charge is 0.325 e. The van der Waals surface area contributed by atoms with Crippen LogP contribution in [0.15, 0.2) is 0 Å². The van der Waals surface area contributed by atoms with Crippen LogP contribution in [-0.2, 0) is 0 Å². The van der Waals surface area contributed by atoms with Gasteiger partial charge in [-0.1, -0.05) is 6.92 Å². The molecule has 0 bridgehead atoms. The topological polar surface area (TPSA) is 23.6 Å². The number of hydrogen-bond donors (Lipinski definition) is 0. The molecular weight excluding hydrogens is 152 g/mol. The molecule has 2 heterocycles. The molecule has 2 rings (SSSR count). The summed E-state index contributed by atoms with van der Waals surface area (Å²) in [7, 11) is 0. The van der Waals surface area contributed by atoms with Crippen LogP contribution in [-0.4, -0.2) is 42.0 Å². The third-order valence-electron chi connectivity index (χ3n) is 2.82. The number of rotatable bonds is 0. The monoisotopic (exact) mass is 168 g/mol. The van der Waals surface area contributed by atoms with Gasteiger partial charge >= 0.3 is 6.03 Å². The lowest BCUT2D eigenvalue weighted by Gasteiger charge is -2.34. The van der Waals surface area contributed by atoms with Crippen LogP contribution < -0.4 is 0 Å². The molecule has 0 spiro atoms. The Kier molecular flexibility index (Phi) is 1.95. The first kappa shape index (κ1) is 7.90. The maximum absolute atomic E-state index is 11.6. The van der Waals surface area contributed by atoms with Gasteiger partial charge in [0.2, 0.25) is 0 Å². The van der Waals surface area contributed by atoms with Crippen LogP contribution in [0.2, 0.25) is 0 Å².